The Hall–Kier alpha value is -1.94. The SMILES string of the molecule is O=C(c1ccc(S(=O)(=O)N2CCCC2)cc1)N1CC(S(=O)(=O)c2ccc(Cl)cc2)C1. The van der Waals surface area contributed by atoms with Crippen molar-refractivity contribution in [1.29, 1.82) is 0 Å². The van der Waals surface area contributed by atoms with Gasteiger partial charge in [0.25, 0.3) is 5.91 Å². The molecule has 2 aromatic carbocycles. The lowest BCUT2D eigenvalue weighted by molar-refractivity contribution is 0.0658. The van der Waals surface area contributed by atoms with Crippen molar-refractivity contribution in [2.75, 3.05) is 26.2 Å². The Morgan fingerprint density at radius 2 is 1.37 bits per heavy atom. The van der Waals surface area contributed by atoms with Gasteiger partial charge in [-0.25, -0.2) is 16.8 Å². The number of hydrogen-bond acceptors (Lipinski definition) is 5. The first-order valence-corrected chi connectivity index (χ1v) is 12.9. The summed E-state index contributed by atoms with van der Waals surface area (Å²) < 4.78 is 51.9. The van der Waals surface area contributed by atoms with Crippen LogP contribution in [0.3, 0.4) is 0 Å². The minimum Gasteiger partial charge on any atom is -0.336 e. The molecular weight excluding hydrogens is 448 g/mol. The summed E-state index contributed by atoms with van der Waals surface area (Å²) in [5, 5.41) is -0.216. The summed E-state index contributed by atoms with van der Waals surface area (Å²) in [6.45, 7) is 1.22. The Morgan fingerprint density at radius 3 is 1.93 bits per heavy atom. The van der Waals surface area contributed by atoms with Crippen LogP contribution in [0.25, 0.3) is 0 Å². The second-order valence-corrected chi connectivity index (χ2v) is 12.1. The van der Waals surface area contributed by atoms with Gasteiger partial charge in [0.05, 0.1) is 9.79 Å². The third-order valence-corrected chi connectivity index (χ3v) is 9.79. The fourth-order valence-electron chi connectivity index (χ4n) is 3.65. The van der Waals surface area contributed by atoms with Crippen molar-refractivity contribution in [3.05, 3.63) is 59.1 Å². The predicted octanol–water partition coefficient (Wildman–Crippen LogP) is 2.42. The Kier molecular flexibility index (Phi) is 5.65. The molecule has 1 amide bonds. The minimum absolute atomic E-state index is 0.0949. The lowest BCUT2D eigenvalue weighted by Crippen LogP contribution is -2.56. The van der Waals surface area contributed by atoms with E-state index in [0.717, 1.165) is 12.8 Å². The number of amides is 1. The van der Waals surface area contributed by atoms with Crippen molar-refractivity contribution in [2.45, 2.75) is 27.9 Å². The fraction of sp³-hybridized carbons (Fsp3) is 0.350. The van der Waals surface area contributed by atoms with E-state index in [2.05, 4.69) is 0 Å². The van der Waals surface area contributed by atoms with E-state index in [1.807, 2.05) is 0 Å². The molecule has 0 N–H and O–H groups in total. The van der Waals surface area contributed by atoms with Crippen molar-refractivity contribution >= 4 is 37.4 Å². The summed E-state index contributed by atoms with van der Waals surface area (Å²) >= 11 is 5.81. The number of halogens is 1. The van der Waals surface area contributed by atoms with Crippen LogP contribution in [0, 0.1) is 0 Å². The number of carbonyl (C=O) groups excluding carboxylic acids is 1. The molecule has 30 heavy (non-hydrogen) atoms. The summed E-state index contributed by atoms with van der Waals surface area (Å²) in [6.07, 6.45) is 1.70. The molecule has 0 aliphatic carbocycles. The molecule has 0 radical (unpaired) electrons. The minimum atomic E-state index is -3.54. The second-order valence-electron chi connectivity index (χ2n) is 7.47. The Morgan fingerprint density at radius 1 is 0.833 bits per heavy atom. The fourth-order valence-corrected chi connectivity index (χ4v) is 6.94. The lowest BCUT2D eigenvalue weighted by atomic mass is 10.1. The summed E-state index contributed by atoms with van der Waals surface area (Å²) in [6, 6.07) is 11.8. The van der Waals surface area contributed by atoms with Gasteiger partial charge in [0, 0.05) is 36.8 Å². The van der Waals surface area contributed by atoms with Gasteiger partial charge in [-0.1, -0.05) is 11.6 Å². The zero-order valence-electron chi connectivity index (χ0n) is 16.1. The van der Waals surface area contributed by atoms with Crippen LogP contribution >= 0.6 is 11.6 Å². The number of sulfone groups is 1. The van der Waals surface area contributed by atoms with Crippen LogP contribution in [0.2, 0.25) is 5.02 Å². The largest absolute Gasteiger partial charge is 0.336 e. The lowest BCUT2D eigenvalue weighted by Gasteiger charge is -2.38. The first-order valence-electron chi connectivity index (χ1n) is 9.58. The van der Waals surface area contributed by atoms with Gasteiger partial charge in [-0.3, -0.25) is 4.79 Å². The molecule has 2 saturated heterocycles. The quantitative estimate of drug-likeness (QED) is 0.672. The van der Waals surface area contributed by atoms with E-state index >= 15 is 0 Å². The average molecular weight is 469 g/mol. The molecule has 0 spiro atoms. The van der Waals surface area contributed by atoms with Gasteiger partial charge in [0.15, 0.2) is 9.84 Å². The van der Waals surface area contributed by atoms with Crippen molar-refractivity contribution in [3.63, 3.8) is 0 Å². The monoisotopic (exact) mass is 468 g/mol. The normalized spacial score (nSPS) is 18.4. The molecule has 0 atom stereocenters. The van der Waals surface area contributed by atoms with Crippen LogP contribution in [0.15, 0.2) is 58.3 Å². The number of rotatable bonds is 5. The molecular formula is C20H21ClN2O5S2. The number of benzene rings is 2. The highest BCUT2D eigenvalue weighted by molar-refractivity contribution is 7.92. The van der Waals surface area contributed by atoms with Crippen LogP contribution in [0.5, 0.6) is 0 Å². The summed E-state index contributed by atoms with van der Waals surface area (Å²) in [5.41, 5.74) is 0.331. The molecule has 7 nitrogen and oxygen atoms in total. The molecule has 2 aliphatic rings. The molecule has 160 valence electrons. The van der Waals surface area contributed by atoms with Crippen molar-refractivity contribution in [3.8, 4) is 0 Å². The average Bonchev–Trinajstić information content (AvgIpc) is 3.23. The number of sulfonamides is 1. The molecule has 10 heteroatoms. The van der Waals surface area contributed by atoms with Crippen LogP contribution in [-0.4, -0.2) is 63.4 Å². The maximum absolute atomic E-state index is 12.7. The van der Waals surface area contributed by atoms with E-state index < -0.39 is 25.1 Å². The van der Waals surface area contributed by atoms with Gasteiger partial charge in [0.2, 0.25) is 10.0 Å². The van der Waals surface area contributed by atoms with Crippen LogP contribution < -0.4 is 0 Å². The summed E-state index contributed by atoms with van der Waals surface area (Å²) in [5.74, 6) is -0.317. The molecule has 2 aromatic rings. The molecule has 2 aliphatic heterocycles. The maximum Gasteiger partial charge on any atom is 0.253 e. The first kappa shape index (κ1) is 21.3. The van der Waals surface area contributed by atoms with Gasteiger partial charge >= 0.3 is 0 Å². The zero-order chi connectivity index (χ0) is 21.5. The van der Waals surface area contributed by atoms with Crippen LogP contribution in [-0.2, 0) is 19.9 Å². The van der Waals surface area contributed by atoms with E-state index in [1.165, 1.54) is 57.7 Å². The van der Waals surface area contributed by atoms with Gasteiger partial charge in [-0.05, 0) is 61.4 Å². The molecule has 4 rings (SSSR count). The molecule has 0 saturated carbocycles. The third kappa shape index (κ3) is 3.87. The molecule has 0 bridgehead atoms. The van der Waals surface area contributed by atoms with Gasteiger partial charge in [-0.2, -0.15) is 4.31 Å². The molecule has 2 heterocycles. The molecule has 0 aromatic heterocycles. The highest BCUT2D eigenvalue weighted by atomic mass is 35.5. The summed E-state index contributed by atoms with van der Waals surface area (Å²) in [7, 11) is -7.08. The number of likely N-dealkylation sites (tertiary alicyclic amines) is 1. The topological polar surface area (TPSA) is 91.8 Å². The number of carbonyl (C=O) groups is 1. The van der Waals surface area contributed by atoms with Crippen molar-refractivity contribution < 1.29 is 21.6 Å². The molecule has 0 unspecified atom stereocenters. The second kappa shape index (κ2) is 7.96. The molecule has 2 fully saturated rings. The van der Waals surface area contributed by atoms with Gasteiger partial charge < -0.3 is 4.90 Å². The van der Waals surface area contributed by atoms with Crippen LogP contribution in [0.4, 0.5) is 0 Å². The van der Waals surface area contributed by atoms with Gasteiger partial charge in [-0.15, -0.1) is 0 Å². The zero-order valence-corrected chi connectivity index (χ0v) is 18.5. The van der Waals surface area contributed by atoms with Crippen molar-refractivity contribution in [1.82, 2.24) is 9.21 Å². The van der Waals surface area contributed by atoms with E-state index in [4.69, 9.17) is 11.6 Å². The highest BCUT2D eigenvalue weighted by Gasteiger charge is 2.40. The van der Waals surface area contributed by atoms with E-state index in [0.29, 0.717) is 23.7 Å². The smallest absolute Gasteiger partial charge is 0.253 e. The third-order valence-electron chi connectivity index (χ3n) is 5.52. The first-order chi connectivity index (χ1) is 14.2. The maximum atomic E-state index is 12.7. The number of nitrogens with zero attached hydrogens (tertiary/aromatic N) is 2. The van der Waals surface area contributed by atoms with E-state index in [-0.39, 0.29) is 28.8 Å². The highest BCUT2D eigenvalue weighted by Crippen LogP contribution is 2.27. The van der Waals surface area contributed by atoms with Crippen molar-refractivity contribution in [2.24, 2.45) is 0 Å². The standard InChI is InChI=1S/C20H21ClN2O5S2/c21-16-5-9-17(10-6-16)29(25,26)19-13-22(14-19)20(24)15-3-7-18(8-4-15)30(27,28)23-11-1-2-12-23/h3-10,19H,1-2,11-14H2. The summed E-state index contributed by atoms with van der Waals surface area (Å²) in [4.78, 5) is 14.4. The Labute approximate surface area is 181 Å². The Bertz CT molecular complexity index is 1150. The predicted molar refractivity (Wildman–Crippen MR) is 113 cm³/mol. The van der Waals surface area contributed by atoms with E-state index in [9.17, 15) is 21.6 Å². The Balaban J connectivity index is 1.42. The van der Waals surface area contributed by atoms with Crippen LogP contribution in [0.1, 0.15) is 23.2 Å². The number of hydrogen-bond donors (Lipinski definition) is 0. The van der Waals surface area contributed by atoms with Gasteiger partial charge in [0.1, 0.15) is 5.25 Å². The van der Waals surface area contributed by atoms with E-state index in [1.54, 1.807) is 0 Å².